The molecule has 0 aromatic heterocycles. The van der Waals surface area contributed by atoms with Gasteiger partial charge >= 0.3 is 0 Å². The Bertz CT molecular complexity index is 581. The fourth-order valence-electron chi connectivity index (χ4n) is 5.63. The van der Waals surface area contributed by atoms with Crippen molar-refractivity contribution in [2.75, 3.05) is 0 Å². The molecule has 4 rings (SSSR count). The molecule has 2 aliphatic carbocycles. The van der Waals surface area contributed by atoms with E-state index in [9.17, 15) is 0 Å². The predicted molar refractivity (Wildman–Crippen MR) is 93.2 cm³/mol. The van der Waals surface area contributed by atoms with E-state index < -0.39 is 0 Å². The largest absolute Gasteiger partial charge is 0.364 e. The predicted octanol–water partition coefficient (Wildman–Crippen LogP) is 4.94. The lowest BCUT2D eigenvalue weighted by molar-refractivity contribution is -0.0944. The van der Waals surface area contributed by atoms with Crippen LogP contribution in [0.25, 0.3) is 0 Å². The summed E-state index contributed by atoms with van der Waals surface area (Å²) in [7, 11) is 0. The van der Waals surface area contributed by atoms with Crippen molar-refractivity contribution < 1.29 is 0 Å². The average Bonchev–Trinajstić information content (AvgIpc) is 2.53. The Balaban J connectivity index is 1.81. The zero-order valence-electron chi connectivity index (χ0n) is 14.4. The van der Waals surface area contributed by atoms with Crippen molar-refractivity contribution in [2.24, 2.45) is 29.1 Å². The van der Waals surface area contributed by atoms with Gasteiger partial charge in [0, 0.05) is 17.4 Å². The highest BCUT2D eigenvalue weighted by molar-refractivity contribution is 5.41. The second-order valence-corrected chi connectivity index (χ2v) is 8.23. The molecule has 1 saturated heterocycles. The van der Waals surface area contributed by atoms with Crippen LogP contribution in [0.1, 0.15) is 40.5 Å². The molecule has 6 atom stereocenters. The Labute approximate surface area is 135 Å². The maximum Gasteiger partial charge on any atom is 0.0673 e. The maximum atomic E-state index is 2.73. The van der Waals surface area contributed by atoms with Crippen LogP contribution < -0.4 is 0 Å². The molecule has 6 unspecified atom stereocenters. The minimum Gasteiger partial charge on any atom is -0.364 e. The molecule has 0 aromatic rings. The normalized spacial score (nSPS) is 48.0. The summed E-state index contributed by atoms with van der Waals surface area (Å²) < 4.78 is 0. The van der Waals surface area contributed by atoms with E-state index in [0.717, 1.165) is 11.8 Å². The van der Waals surface area contributed by atoms with Crippen molar-refractivity contribution in [1.29, 1.82) is 0 Å². The van der Waals surface area contributed by atoms with Crippen LogP contribution >= 0.6 is 0 Å². The van der Waals surface area contributed by atoms with Gasteiger partial charge in [-0.3, -0.25) is 0 Å². The van der Waals surface area contributed by atoms with Crippen LogP contribution in [0.2, 0.25) is 0 Å². The highest BCUT2D eigenvalue weighted by atomic mass is 15.3. The SMILES string of the molecule is CCC12C=CC1(C)C1C=CC=CC1C1CC(C(C)C)C=CN12. The van der Waals surface area contributed by atoms with E-state index in [0.29, 0.717) is 17.9 Å². The number of nitrogens with zero attached hydrogens (tertiary/aromatic N) is 1. The second-order valence-electron chi connectivity index (χ2n) is 8.23. The summed E-state index contributed by atoms with van der Waals surface area (Å²) >= 11 is 0. The number of hydrogen-bond acceptors (Lipinski definition) is 1. The smallest absolute Gasteiger partial charge is 0.0673 e. The van der Waals surface area contributed by atoms with Gasteiger partial charge in [0.1, 0.15) is 0 Å². The van der Waals surface area contributed by atoms with Crippen LogP contribution in [0.5, 0.6) is 0 Å². The highest BCUT2D eigenvalue weighted by Gasteiger charge is 2.64. The van der Waals surface area contributed by atoms with E-state index in [1.165, 1.54) is 12.8 Å². The summed E-state index contributed by atoms with van der Waals surface area (Å²) in [4.78, 5) is 2.73. The minimum absolute atomic E-state index is 0.229. The lowest BCUT2D eigenvalue weighted by Crippen LogP contribution is -2.72. The molecular formula is C21H29N. The molecule has 0 amide bonds. The number of rotatable bonds is 2. The molecule has 118 valence electrons. The van der Waals surface area contributed by atoms with E-state index in [1.807, 2.05) is 0 Å². The molecule has 1 nitrogen and oxygen atoms in total. The van der Waals surface area contributed by atoms with Gasteiger partial charge in [-0.05, 0) is 36.8 Å². The third-order valence-corrected chi connectivity index (χ3v) is 7.17. The Morgan fingerprint density at radius 3 is 2.55 bits per heavy atom. The first-order chi connectivity index (χ1) is 10.5. The maximum absolute atomic E-state index is 2.73. The third kappa shape index (κ3) is 1.55. The Morgan fingerprint density at radius 2 is 1.91 bits per heavy atom. The topological polar surface area (TPSA) is 3.24 Å². The monoisotopic (exact) mass is 295 g/mol. The van der Waals surface area contributed by atoms with Crippen LogP contribution in [0.15, 0.2) is 48.7 Å². The number of piperidine rings is 1. The van der Waals surface area contributed by atoms with Crippen molar-refractivity contribution >= 4 is 0 Å². The fourth-order valence-corrected chi connectivity index (χ4v) is 5.63. The van der Waals surface area contributed by atoms with E-state index in [4.69, 9.17) is 0 Å². The summed E-state index contributed by atoms with van der Waals surface area (Å²) in [6, 6.07) is 0.654. The Hall–Kier alpha value is -1.24. The fraction of sp³-hybridized carbons (Fsp3) is 0.619. The van der Waals surface area contributed by atoms with Gasteiger partial charge in [0.2, 0.25) is 0 Å². The van der Waals surface area contributed by atoms with Crippen LogP contribution in [0, 0.1) is 29.1 Å². The first-order valence-corrected chi connectivity index (χ1v) is 9.05. The van der Waals surface area contributed by atoms with Gasteiger partial charge in [-0.15, -0.1) is 0 Å². The van der Waals surface area contributed by atoms with Gasteiger partial charge in [0.25, 0.3) is 0 Å². The molecule has 0 saturated carbocycles. The molecule has 0 bridgehead atoms. The van der Waals surface area contributed by atoms with Crippen molar-refractivity contribution in [3.05, 3.63) is 48.7 Å². The zero-order chi connectivity index (χ0) is 15.5. The molecule has 0 radical (unpaired) electrons. The van der Waals surface area contributed by atoms with E-state index >= 15 is 0 Å². The molecule has 4 aliphatic rings. The third-order valence-electron chi connectivity index (χ3n) is 7.17. The van der Waals surface area contributed by atoms with Gasteiger partial charge in [0.05, 0.1) is 5.54 Å². The summed E-state index contributed by atoms with van der Waals surface area (Å²) in [5, 5.41) is 0. The Morgan fingerprint density at radius 1 is 1.14 bits per heavy atom. The van der Waals surface area contributed by atoms with Crippen molar-refractivity contribution in [3.8, 4) is 0 Å². The lowest BCUT2D eigenvalue weighted by atomic mass is 9.47. The second kappa shape index (κ2) is 4.63. The van der Waals surface area contributed by atoms with Crippen LogP contribution in [0.3, 0.4) is 0 Å². The number of allylic oxidation sites excluding steroid dienone is 4. The molecule has 2 heterocycles. The summed E-state index contributed by atoms with van der Waals surface area (Å²) in [5.74, 6) is 2.78. The first-order valence-electron chi connectivity index (χ1n) is 9.05. The molecule has 1 fully saturated rings. The molecule has 22 heavy (non-hydrogen) atoms. The van der Waals surface area contributed by atoms with Crippen molar-refractivity contribution in [2.45, 2.75) is 52.1 Å². The Kier molecular flexibility index (Phi) is 3.02. The zero-order valence-corrected chi connectivity index (χ0v) is 14.4. The van der Waals surface area contributed by atoms with Gasteiger partial charge in [0.15, 0.2) is 0 Å². The average molecular weight is 295 g/mol. The number of fused-ring (bicyclic) bond motifs is 6. The van der Waals surface area contributed by atoms with E-state index in [1.54, 1.807) is 0 Å². The standard InChI is InChI=1S/C21H29N/c1-5-21-12-11-20(21,4)18-9-7-6-8-17(18)19-14-16(15(2)3)10-13-22(19)21/h6-13,15-19H,5,14H2,1-4H3. The van der Waals surface area contributed by atoms with Crippen LogP contribution in [0.4, 0.5) is 0 Å². The molecule has 0 N–H and O–H groups in total. The molecule has 0 aromatic carbocycles. The molecule has 1 heteroatoms. The van der Waals surface area contributed by atoms with Crippen molar-refractivity contribution in [1.82, 2.24) is 4.90 Å². The lowest BCUT2D eigenvalue weighted by Gasteiger charge is -2.69. The van der Waals surface area contributed by atoms with Gasteiger partial charge < -0.3 is 4.90 Å². The summed E-state index contributed by atoms with van der Waals surface area (Å²) in [6.07, 6.45) is 21.9. The summed E-state index contributed by atoms with van der Waals surface area (Å²) in [5.41, 5.74) is 0.506. The van der Waals surface area contributed by atoms with Crippen LogP contribution in [-0.2, 0) is 0 Å². The molecular weight excluding hydrogens is 266 g/mol. The number of hydrogen-bond donors (Lipinski definition) is 0. The van der Waals surface area contributed by atoms with E-state index in [2.05, 4.69) is 81.3 Å². The van der Waals surface area contributed by atoms with Gasteiger partial charge in [-0.2, -0.15) is 0 Å². The van der Waals surface area contributed by atoms with Gasteiger partial charge in [-0.1, -0.05) is 70.2 Å². The molecule has 2 aliphatic heterocycles. The van der Waals surface area contributed by atoms with Crippen LogP contribution in [-0.4, -0.2) is 16.5 Å². The van der Waals surface area contributed by atoms with Crippen molar-refractivity contribution in [3.63, 3.8) is 0 Å². The van der Waals surface area contributed by atoms with Gasteiger partial charge in [-0.25, -0.2) is 0 Å². The highest BCUT2D eigenvalue weighted by Crippen LogP contribution is 2.63. The first kappa shape index (κ1) is 14.4. The molecule has 0 spiro atoms. The quantitative estimate of drug-likeness (QED) is 0.652. The van der Waals surface area contributed by atoms with E-state index in [-0.39, 0.29) is 11.0 Å². The summed E-state index contributed by atoms with van der Waals surface area (Å²) in [6.45, 7) is 9.58. The minimum atomic E-state index is 0.229.